The molecule has 2 rings (SSSR count). The van der Waals surface area contributed by atoms with Crippen molar-refractivity contribution in [2.24, 2.45) is 5.84 Å². The van der Waals surface area contributed by atoms with E-state index in [1.807, 2.05) is 18.4 Å². The van der Waals surface area contributed by atoms with Crippen molar-refractivity contribution in [3.8, 4) is 0 Å². The zero-order valence-electron chi connectivity index (χ0n) is 9.21. The van der Waals surface area contributed by atoms with Gasteiger partial charge in [-0.15, -0.1) is 11.3 Å². The van der Waals surface area contributed by atoms with E-state index in [1.165, 1.54) is 12.1 Å². The molecule has 0 aliphatic carbocycles. The van der Waals surface area contributed by atoms with E-state index in [4.69, 9.17) is 5.84 Å². The van der Waals surface area contributed by atoms with E-state index in [2.05, 4.69) is 21.4 Å². The standard InChI is InChI=1S/C12H12BrFN2S/c1-7-4-9(14)2-3-10(7)12(16-15)8-5-11(13)17-6-8/h2-6,12,16H,15H2,1H3. The highest BCUT2D eigenvalue weighted by molar-refractivity contribution is 9.11. The van der Waals surface area contributed by atoms with Crippen molar-refractivity contribution < 1.29 is 4.39 Å². The van der Waals surface area contributed by atoms with Crippen molar-refractivity contribution in [3.63, 3.8) is 0 Å². The molecule has 90 valence electrons. The van der Waals surface area contributed by atoms with Crippen LogP contribution in [0.1, 0.15) is 22.7 Å². The smallest absolute Gasteiger partial charge is 0.123 e. The van der Waals surface area contributed by atoms with Crippen LogP contribution >= 0.6 is 27.3 Å². The minimum Gasteiger partial charge on any atom is -0.271 e. The van der Waals surface area contributed by atoms with Gasteiger partial charge in [0, 0.05) is 0 Å². The summed E-state index contributed by atoms with van der Waals surface area (Å²) < 4.78 is 14.1. The average molecular weight is 315 g/mol. The zero-order valence-corrected chi connectivity index (χ0v) is 11.6. The first kappa shape index (κ1) is 12.7. The third-order valence-electron chi connectivity index (χ3n) is 2.63. The van der Waals surface area contributed by atoms with Gasteiger partial charge in [-0.1, -0.05) is 6.07 Å². The van der Waals surface area contributed by atoms with Crippen molar-refractivity contribution in [1.29, 1.82) is 0 Å². The second kappa shape index (κ2) is 5.27. The molecule has 3 N–H and O–H groups in total. The van der Waals surface area contributed by atoms with Gasteiger partial charge in [-0.2, -0.15) is 0 Å². The van der Waals surface area contributed by atoms with E-state index in [9.17, 15) is 4.39 Å². The third kappa shape index (κ3) is 2.74. The maximum Gasteiger partial charge on any atom is 0.123 e. The third-order valence-corrected chi connectivity index (χ3v) is 4.15. The lowest BCUT2D eigenvalue weighted by molar-refractivity contribution is 0.612. The molecule has 0 aliphatic rings. The van der Waals surface area contributed by atoms with Crippen LogP contribution in [0.25, 0.3) is 0 Å². The summed E-state index contributed by atoms with van der Waals surface area (Å²) in [5, 5.41) is 2.03. The first-order valence-electron chi connectivity index (χ1n) is 5.08. The molecule has 2 nitrogen and oxygen atoms in total. The van der Waals surface area contributed by atoms with Gasteiger partial charge < -0.3 is 0 Å². The van der Waals surface area contributed by atoms with Crippen LogP contribution in [0, 0.1) is 12.7 Å². The summed E-state index contributed by atoms with van der Waals surface area (Å²) in [4.78, 5) is 0. The summed E-state index contributed by atoms with van der Waals surface area (Å²) >= 11 is 5.02. The molecule has 1 aromatic heterocycles. The van der Waals surface area contributed by atoms with E-state index in [1.54, 1.807) is 17.4 Å². The molecule has 0 bridgehead atoms. The van der Waals surface area contributed by atoms with Crippen LogP contribution in [-0.2, 0) is 0 Å². The van der Waals surface area contributed by atoms with E-state index in [0.29, 0.717) is 0 Å². The zero-order chi connectivity index (χ0) is 12.4. The van der Waals surface area contributed by atoms with Crippen molar-refractivity contribution >= 4 is 27.3 Å². The number of nitrogens with one attached hydrogen (secondary N) is 1. The Morgan fingerprint density at radius 3 is 2.71 bits per heavy atom. The average Bonchev–Trinajstić information content (AvgIpc) is 2.69. The number of hydrogen-bond donors (Lipinski definition) is 2. The van der Waals surface area contributed by atoms with Gasteiger partial charge in [0.1, 0.15) is 5.82 Å². The molecular formula is C12H12BrFN2S. The van der Waals surface area contributed by atoms with Crippen LogP contribution in [0.4, 0.5) is 4.39 Å². The second-order valence-corrected chi connectivity index (χ2v) is 6.08. The molecule has 1 aromatic carbocycles. The monoisotopic (exact) mass is 314 g/mol. The van der Waals surface area contributed by atoms with Crippen molar-refractivity contribution in [3.05, 3.63) is 55.9 Å². The van der Waals surface area contributed by atoms with Crippen LogP contribution in [0.2, 0.25) is 0 Å². The second-order valence-electron chi connectivity index (χ2n) is 3.78. The van der Waals surface area contributed by atoms with Gasteiger partial charge in [0.2, 0.25) is 0 Å². The number of thiophene rings is 1. The van der Waals surface area contributed by atoms with Gasteiger partial charge in [0.25, 0.3) is 0 Å². The molecule has 0 spiro atoms. The Balaban J connectivity index is 2.42. The molecule has 0 aliphatic heterocycles. The largest absolute Gasteiger partial charge is 0.271 e. The highest BCUT2D eigenvalue weighted by atomic mass is 79.9. The van der Waals surface area contributed by atoms with E-state index < -0.39 is 0 Å². The lowest BCUT2D eigenvalue weighted by Crippen LogP contribution is -2.29. The van der Waals surface area contributed by atoms with Crippen LogP contribution in [0.15, 0.2) is 33.4 Å². The first-order chi connectivity index (χ1) is 8.11. The first-order valence-corrected chi connectivity index (χ1v) is 6.75. The van der Waals surface area contributed by atoms with Crippen molar-refractivity contribution in [1.82, 2.24) is 5.43 Å². The Hall–Kier alpha value is -0.750. The van der Waals surface area contributed by atoms with Crippen LogP contribution in [0.5, 0.6) is 0 Å². The molecule has 0 fully saturated rings. The van der Waals surface area contributed by atoms with Crippen molar-refractivity contribution in [2.45, 2.75) is 13.0 Å². The number of nitrogens with two attached hydrogens (primary N) is 1. The van der Waals surface area contributed by atoms with E-state index >= 15 is 0 Å². The van der Waals surface area contributed by atoms with E-state index in [0.717, 1.165) is 20.5 Å². The molecule has 0 amide bonds. The molecule has 0 radical (unpaired) electrons. The summed E-state index contributed by atoms with van der Waals surface area (Å²) in [6.07, 6.45) is 0. The number of aryl methyl sites for hydroxylation is 1. The maximum absolute atomic E-state index is 13.1. The molecule has 1 heterocycles. The molecular weight excluding hydrogens is 303 g/mol. The molecule has 2 aromatic rings. The van der Waals surface area contributed by atoms with Gasteiger partial charge in [0.15, 0.2) is 0 Å². The highest BCUT2D eigenvalue weighted by Crippen LogP contribution is 2.30. The number of rotatable bonds is 3. The maximum atomic E-state index is 13.1. The highest BCUT2D eigenvalue weighted by Gasteiger charge is 2.16. The Morgan fingerprint density at radius 1 is 1.41 bits per heavy atom. The molecule has 0 saturated carbocycles. The number of halogens is 2. The number of benzene rings is 1. The predicted molar refractivity (Wildman–Crippen MR) is 72.3 cm³/mol. The minimum absolute atomic E-state index is 0.113. The fraction of sp³-hybridized carbons (Fsp3) is 0.167. The Labute approximate surface area is 112 Å². The summed E-state index contributed by atoms with van der Waals surface area (Å²) in [5.41, 5.74) is 5.71. The number of hydrogen-bond acceptors (Lipinski definition) is 3. The number of hydrazine groups is 1. The molecule has 0 saturated heterocycles. The Morgan fingerprint density at radius 2 is 2.18 bits per heavy atom. The van der Waals surface area contributed by atoms with Gasteiger partial charge in [-0.25, -0.2) is 9.82 Å². The molecule has 5 heteroatoms. The normalized spacial score (nSPS) is 12.7. The fourth-order valence-corrected chi connectivity index (χ4v) is 3.00. The van der Waals surface area contributed by atoms with Crippen LogP contribution in [0.3, 0.4) is 0 Å². The van der Waals surface area contributed by atoms with Crippen LogP contribution < -0.4 is 11.3 Å². The fourth-order valence-electron chi connectivity index (χ4n) is 1.80. The van der Waals surface area contributed by atoms with Crippen molar-refractivity contribution in [2.75, 3.05) is 0 Å². The summed E-state index contributed by atoms with van der Waals surface area (Å²) in [7, 11) is 0. The quantitative estimate of drug-likeness (QED) is 0.672. The molecule has 1 unspecified atom stereocenters. The van der Waals surface area contributed by atoms with Gasteiger partial charge in [-0.3, -0.25) is 5.84 Å². The molecule has 1 atom stereocenters. The minimum atomic E-state index is -0.228. The van der Waals surface area contributed by atoms with Gasteiger partial charge in [0.05, 0.1) is 9.83 Å². The lowest BCUT2D eigenvalue weighted by Gasteiger charge is -2.17. The van der Waals surface area contributed by atoms with Gasteiger partial charge >= 0.3 is 0 Å². The summed E-state index contributed by atoms with van der Waals surface area (Å²) in [6.45, 7) is 1.88. The summed E-state index contributed by atoms with van der Waals surface area (Å²) in [5.74, 6) is 5.37. The Bertz CT molecular complexity index is 527. The predicted octanol–water partition coefficient (Wildman–Crippen LogP) is 3.51. The van der Waals surface area contributed by atoms with Crippen LogP contribution in [-0.4, -0.2) is 0 Å². The Kier molecular flexibility index (Phi) is 3.93. The lowest BCUT2D eigenvalue weighted by atomic mass is 9.97. The topological polar surface area (TPSA) is 38.0 Å². The van der Waals surface area contributed by atoms with Gasteiger partial charge in [-0.05, 0) is 63.1 Å². The van der Waals surface area contributed by atoms with E-state index in [-0.39, 0.29) is 11.9 Å². The summed E-state index contributed by atoms with van der Waals surface area (Å²) in [6, 6.07) is 6.63. The SMILES string of the molecule is Cc1cc(F)ccc1C(NN)c1csc(Br)c1. The molecule has 17 heavy (non-hydrogen) atoms.